The average molecular weight is 403 g/mol. The van der Waals surface area contributed by atoms with Gasteiger partial charge in [-0.15, -0.1) is 11.3 Å². The molecule has 2 heterocycles. The number of nitrogens with one attached hydrogen (secondary N) is 1. The van der Waals surface area contributed by atoms with E-state index >= 15 is 0 Å². The predicted octanol–water partition coefficient (Wildman–Crippen LogP) is 4.85. The topological polar surface area (TPSA) is 59.8 Å². The van der Waals surface area contributed by atoms with E-state index < -0.39 is 0 Å². The molecule has 4 rings (SSSR count). The predicted molar refractivity (Wildman–Crippen MR) is 116 cm³/mol. The summed E-state index contributed by atoms with van der Waals surface area (Å²) in [7, 11) is 0. The van der Waals surface area contributed by atoms with Gasteiger partial charge in [-0.2, -0.15) is 5.10 Å². The van der Waals surface area contributed by atoms with Crippen molar-refractivity contribution in [1.82, 2.24) is 20.1 Å². The molecule has 0 spiro atoms. The third-order valence-electron chi connectivity index (χ3n) is 4.93. The molecule has 0 fully saturated rings. The van der Waals surface area contributed by atoms with Gasteiger partial charge in [-0.3, -0.25) is 4.79 Å². The number of para-hydroxylation sites is 1. The number of carbonyl (C=O) groups is 1. The van der Waals surface area contributed by atoms with E-state index in [-0.39, 0.29) is 5.91 Å². The van der Waals surface area contributed by atoms with Crippen LogP contribution in [0.4, 0.5) is 0 Å². The van der Waals surface area contributed by atoms with Gasteiger partial charge in [0.05, 0.1) is 35.4 Å². The van der Waals surface area contributed by atoms with Gasteiger partial charge in [-0.1, -0.05) is 42.5 Å². The van der Waals surface area contributed by atoms with Crippen LogP contribution in [0.15, 0.2) is 60.8 Å². The highest BCUT2D eigenvalue weighted by Gasteiger charge is 2.17. The molecule has 0 aliphatic carbocycles. The van der Waals surface area contributed by atoms with Crippen LogP contribution in [0.25, 0.3) is 16.3 Å². The minimum absolute atomic E-state index is 0.130. The van der Waals surface area contributed by atoms with E-state index in [2.05, 4.69) is 29.5 Å². The quantitative estimate of drug-likeness (QED) is 0.519. The number of aryl methyl sites for hydroxylation is 2. The average Bonchev–Trinajstić information content (AvgIpc) is 3.29. The third kappa shape index (κ3) is 3.84. The summed E-state index contributed by atoms with van der Waals surface area (Å²) in [5.41, 5.74) is 5.61. The maximum atomic E-state index is 12.7. The van der Waals surface area contributed by atoms with Gasteiger partial charge in [0.1, 0.15) is 5.01 Å². The molecule has 6 heteroatoms. The monoisotopic (exact) mass is 402 g/mol. The Morgan fingerprint density at radius 3 is 2.52 bits per heavy atom. The molecule has 2 aromatic carbocycles. The summed E-state index contributed by atoms with van der Waals surface area (Å²) in [6, 6.07) is 18.0. The Bertz CT molecular complexity index is 1160. The highest BCUT2D eigenvalue weighted by Crippen LogP contribution is 2.30. The van der Waals surface area contributed by atoms with Crippen LogP contribution in [0, 0.1) is 20.8 Å². The van der Waals surface area contributed by atoms with Gasteiger partial charge >= 0.3 is 0 Å². The first kappa shape index (κ1) is 19.1. The maximum Gasteiger partial charge on any atom is 0.255 e. The zero-order chi connectivity index (χ0) is 20.4. The van der Waals surface area contributed by atoms with E-state index in [0.717, 1.165) is 32.5 Å². The summed E-state index contributed by atoms with van der Waals surface area (Å²) in [6.07, 6.45) is 1.62. The molecule has 1 amide bonds. The van der Waals surface area contributed by atoms with Crippen molar-refractivity contribution in [3.63, 3.8) is 0 Å². The van der Waals surface area contributed by atoms with Crippen molar-refractivity contribution in [2.75, 3.05) is 0 Å². The van der Waals surface area contributed by atoms with E-state index in [1.807, 2.05) is 56.3 Å². The zero-order valence-electron chi connectivity index (χ0n) is 16.6. The fraction of sp³-hybridized carbons (Fsp3) is 0.174. The Hall–Kier alpha value is -3.25. The van der Waals surface area contributed by atoms with Gasteiger partial charge in [-0.05, 0) is 38.5 Å². The molecule has 0 unspecified atom stereocenters. The number of hydrogen-bond acceptors (Lipinski definition) is 4. The molecule has 0 radical (unpaired) electrons. The summed E-state index contributed by atoms with van der Waals surface area (Å²) in [4.78, 5) is 18.5. The normalized spacial score (nSPS) is 10.9. The Morgan fingerprint density at radius 1 is 1.03 bits per heavy atom. The van der Waals surface area contributed by atoms with Crippen molar-refractivity contribution in [1.29, 1.82) is 0 Å². The standard InChI is InChI=1S/C23H22N4OS/c1-15-9-7-8-12-19(15)23-26-16(2)21(29-23)14-24-22(28)20-13-25-27(17(20)3)18-10-5-4-6-11-18/h4-13H,14H2,1-3H3,(H,24,28). The second-order valence-electron chi connectivity index (χ2n) is 6.92. The number of nitrogens with zero attached hydrogens (tertiary/aromatic N) is 3. The molecule has 0 bridgehead atoms. The van der Waals surface area contributed by atoms with Crippen LogP contribution in [0.5, 0.6) is 0 Å². The van der Waals surface area contributed by atoms with Crippen LogP contribution in [-0.2, 0) is 6.54 Å². The summed E-state index contributed by atoms with van der Waals surface area (Å²) >= 11 is 1.62. The number of carbonyl (C=O) groups excluding carboxylic acids is 1. The minimum Gasteiger partial charge on any atom is -0.347 e. The fourth-order valence-corrected chi connectivity index (χ4v) is 4.33. The summed E-state index contributed by atoms with van der Waals surface area (Å²) in [5.74, 6) is -0.130. The van der Waals surface area contributed by atoms with Crippen molar-refractivity contribution < 1.29 is 4.79 Å². The number of benzene rings is 2. The molecule has 4 aromatic rings. The van der Waals surface area contributed by atoms with Crippen LogP contribution < -0.4 is 5.32 Å². The summed E-state index contributed by atoms with van der Waals surface area (Å²) < 4.78 is 1.78. The molecule has 29 heavy (non-hydrogen) atoms. The van der Waals surface area contributed by atoms with E-state index in [9.17, 15) is 4.79 Å². The van der Waals surface area contributed by atoms with Crippen LogP contribution in [0.1, 0.15) is 32.2 Å². The second kappa shape index (κ2) is 8.01. The van der Waals surface area contributed by atoms with Gasteiger partial charge in [-0.25, -0.2) is 9.67 Å². The molecule has 5 nitrogen and oxygen atoms in total. The van der Waals surface area contributed by atoms with Crippen LogP contribution >= 0.6 is 11.3 Å². The highest BCUT2D eigenvalue weighted by atomic mass is 32.1. The lowest BCUT2D eigenvalue weighted by Gasteiger charge is -2.06. The molecule has 0 atom stereocenters. The van der Waals surface area contributed by atoms with Gasteiger partial charge in [0.2, 0.25) is 0 Å². The van der Waals surface area contributed by atoms with Gasteiger partial charge < -0.3 is 5.32 Å². The van der Waals surface area contributed by atoms with Crippen molar-refractivity contribution >= 4 is 17.2 Å². The zero-order valence-corrected chi connectivity index (χ0v) is 17.5. The molecule has 0 saturated carbocycles. The van der Waals surface area contributed by atoms with Gasteiger partial charge in [0.15, 0.2) is 0 Å². The Morgan fingerprint density at radius 2 is 1.76 bits per heavy atom. The molecule has 146 valence electrons. The molecular weight excluding hydrogens is 380 g/mol. The fourth-order valence-electron chi connectivity index (χ4n) is 3.24. The Balaban J connectivity index is 1.50. The van der Waals surface area contributed by atoms with Gasteiger partial charge in [0.25, 0.3) is 5.91 Å². The first-order valence-corrected chi connectivity index (χ1v) is 10.3. The van der Waals surface area contributed by atoms with E-state index in [0.29, 0.717) is 12.1 Å². The lowest BCUT2D eigenvalue weighted by atomic mass is 10.1. The first-order valence-electron chi connectivity index (χ1n) is 9.45. The smallest absolute Gasteiger partial charge is 0.255 e. The number of rotatable bonds is 5. The maximum absolute atomic E-state index is 12.7. The second-order valence-corrected chi connectivity index (χ2v) is 8.00. The van der Waals surface area contributed by atoms with Crippen LogP contribution in [0.3, 0.4) is 0 Å². The summed E-state index contributed by atoms with van der Waals surface area (Å²) in [6.45, 7) is 6.42. The summed E-state index contributed by atoms with van der Waals surface area (Å²) in [5, 5.41) is 8.38. The SMILES string of the molecule is Cc1ccccc1-c1nc(C)c(CNC(=O)c2cnn(-c3ccccc3)c2C)s1. The number of aromatic nitrogens is 3. The lowest BCUT2D eigenvalue weighted by molar-refractivity contribution is 0.0950. The molecule has 2 aromatic heterocycles. The van der Waals surface area contributed by atoms with E-state index in [1.165, 1.54) is 5.56 Å². The molecular formula is C23H22N4OS. The first-order chi connectivity index (χ1) is 14.0. The third-order valence-corrected chi connectivity index (χ3v) is 6.12. The number of hydrogen-bond donors (Lipinski definition) is 1. The van der Waals surface area contributed by atoms with E-state index in [4.69, 9.17) is 4.98 Å². The van der Waals surface area contributed by atoms with E-state index in [1.54, 1.807) is 22.2 Å². The van der Waals surface area contributed by atoms with Crippen molar-refractivity contribution in [2.45, 2.75) is 27.3 Å². The number of thiazole rings is 1. The molecule has 0 saturated heterocycles. The highest BCUT2D eigenvalue weighted by molar-refractivity contribution is 7.15. The lowest BCUT2D eigenvalue weighted by Crippen LogP contribution is -2.23. The van der Waals surface area contributed by atoms with Crippen molar-refractivity contribution in [3.8, 4) is 16.3 Å². The largest absolute Gasteiger partial charge is 0.347 e. The molecule has 1 N–H and O–H groups in total. The minimum atomic E-state index is -0.130. The Labute approximate surface area is 174 Å². The van der Waals surface area contributed by atoms with Gasteiger partial charge in [0, 0.05) is 10.4 Å². The number of amides is 1. The van der Waals surface area contributed by atoms with Crippen LogP contribution in [0.2, 0.25) is 0 Å². The Kier molecular flexibility index (Phi) is 5.27. The molecule has 0 aliphatic rings. The molecule has 0 aliphatic heterocycles. The van der Waals surface area contributed by atoms with Crippen molar-refractivity contribution in [2.24, 2.45) is 0 Å². The van der Waals surface area contributed by atoms with Crippen molar-refractivity contribution in [3.05, 3.63) is 88.2 Å². The van der Waals surface area contributed by atoms with Crippen LogP contribution in [-0.4, -0.2) is 20.7 Å².